The summed E-state index contributed by atoms with van der Waals surface area (Å²) in [7, 11) is -2.05. The number of esters is 1. The molecule has 2 fully saturated rings. The summed E-state index contributed by atoms with van der Waals surface area (Å²) in [5, 5.41) is 0.374. The Morgan fingerprint density at radius 2 is 1.89 bits per heavy atom. The molecule has 0 aliphatic carbocycles. The van der Waals surface area contributed by atoms with Gasteiger partial charge in [-0.2, -0.15) is 21.6 Å². The lowest BCUT2D eigenvalue weighted by atomic mass is 9.75. The van der Waals surface area contributed by atoms with Crippen molar-refractivity contribution in [2.24, 2.45) is 11.8 Å². The molecule has 0 radical (unpaired) electrons. The number of nitrogens with zero attached hydrogens (tertiary/aromatic N) is 3. The second-order valence-electron chi connectivity index (χ2n) is 9.14. The number of benzene rings is 1. The van der Waals surface area contributed by atoms with E-state index in [2.05, 4.69) is 0 Å². The molecule has 2 aliphatic heterocycles. The number of cyclic esters (lactones) is 1. The molecule has 0 spiro atoms. The number of rotatable bonds is 5. The molecule has 0 saturated carbocycles. The van der Waals surface area contributed by atoms with Crippen molar-refractivity contribution in [1.29, 1.82) is 0 Å². The topological polar surface area (TPSA) is 88.9 Å². The van der Waals surface area contributed by atoms with Crippen LogP contribution in [0.1, 0.15) is 18.9 Å². The van der Waals surface area contributed by atoms with Gasteiger partial charge in [-0.05, 0) is 25.0 Å². The van der Waals surface area contributed by atoms with Gasteiger partial charge in [0.25, 0.3) is 0 Å². The maximum absolute atomic E-state index is 13.2. The normalized spacial score (nSPS) is 24.6. The molecule has 1 aromatic heterocycles. The lowest BCUT2D eigenvalue weighted by Crippen LogP contribution is -2.53. The molecule has 2 aliphatic rings. The largest absolute Gasteiger partial charge is 0.517 e. The molecule has 4 rings (SSSR count). The molecule has 1 aromatic carbocycles. The highest BCUT2D eigenvalue weighted by Crippen LogP contribution is 2.39. The van der Waals surface area contributed by atoms with Crippen LogP contribution in [-0.2, 0) is 30.8 Å². The van der Waals surface area contributed by atoms with Gasteiger partial charge in [0.2, 0.25) is 5.91 Å². The third-order valence-corrected chi connectivity index (χ3v) is 7.99. The Labute approximate surface area is 201 Å². The summed E-state index contributed by atoms with van der Waals surface area (Å²) < 4.78 is 69.6. The van der Waals surface area contributed by atoms with Crippen molar-refractivity contribution >= 4 is 32.8 Å². The van der Waals surface area contributed by atoms with Crippen LogP contribution in [0.4, 0.5) is 13.2 Å². The molecule has 190 valence electrons. The zero-order valence-corrected chi connectivity index (χ0v) is 20.3. The summed E-state index contributed by atoms with van der Waals surface area (Å²) in [5.41, 5.74) is -4.68. The van der Waals surface area contributed by atoms with Crippen molar-refractivity contribution in [1.82, 2.24) is 13.8 Å². The number of amides is 1. The van der Waals surface area contributed by atoms with Gasteiger partial charge in [-0.1, -0.05) is 18.2 Å². The van der Waals surface area contributed by atoms with Crippen LogP contribution in [0.2, 0.25) is 0 Å². The summed E-state index contributed by atoms with van der Waals surface area (Å²) in [6, 6.07) is 5.95. The number of para-hydroxylation sites is 1. The lowest BCUT2D eigenvalue weighted by Gasteiger charge is -2.44. The summed E-state index contributed by atoms with van der Waals surface area (Å²) in [6.07, 6.45) is 2.53. The van der Waals surface area contributed by atoms with E-state index in [-0.39, 0.29) is 46.6 Å². The van der Waals surface area contributed by atoms with Gasteiger partial charge in [0.1, 0.15) is 6.10 Å². The molecule has 2 aromatic rings. The number of piperidine rings is 1. The molecule has 8 nitrogen and oxygen atoms in total. The average Bonchev–Trinajstić information content (AvgIpc) is 3.14. The number of hydrogen-bond donors (Lipinski definition) is 0. The second-order valence-corrected chi connectivity index (χ2v) is 10.9. The van der Waals surface area contributed by atoms with Crippen molar-refractivity contribution < 1.29 is 35.9 Å². The molecule has 2 saturated heterocycles. The second kappa shape index (κ2) is 8.89. The number of carbonyl (C=O) groups excluding carboxylic acids is 2. The first-order valence-corrected chi connectivity index (χ1v) is 12.5. The average molecular weight is 514 g/mol. The molecule has 3 heterocycles. The van der Waals surface area contributed by atoms with Crippen molar-refractivity contribution in [3.8, 4) is 0 Å². The summed E-state index contributed by atoms with van der Waals surface area (Å²) in [5.74, 6) is -1.02. The Kier molecular flexibility index (Phi) is 6.37. The standard InChI is InChI=1S/C23H26F3N3O5S/c1-14-18-13-28(21(30)10-17(18)19(12-27(2)3)22(31)34-14)9-8-15-11-29(35(32,33)23(24,25)26)20-7-5-4-6-16(15)20/h4-7,11-12,14,17-18H,8-10,13H2,1-3H3/b19-12-/t14-,17-,18+/m0/s1. The van der Waals surface area contributed by atoms with Crippen LogP contribution in [0, 0.1) is 11.8 Å². The monoisotopic (exact) mass is 513 g/mol. The number of aromatic nitrogens is 1. The lowest BCUT2D eigenvalue weighted by molar-refractivity contribution is -0.159. The number of alkyl halides is 3. The molecular formula is C23H26F3N3O5S. The van der Waals surface area contributed by atoms with Gasteiger partial charge < -0.3 is 14.5 Å². The SMILES string of the molecule is C[C@@H]1OC(=O)/C(=C\N(C)C)[C@H]2CC(=O)N(CCc3cn(S(=O)(=O)C(F)(F)F)c4ccccc34)C[C@H]12. The van der Waals surface area contributed by atoms with Crippen LogP contribution in [-0.4, -0.2) is 72.9 Å². The maximum Gasteiger partial charge on any atom is 0.517 e. The molecule has 3 atom stereocenters. The molecule has 0 unspecified atom stereocenters. The van der Waals surface area contributed by atoms with Crippen molar-refractivity contribution in [2.75, 3.05) is 27.2 Å². The Morgan fingerprint density at radius 3 is 2.54 bits per heavy atom. The highest BCUT2D eigenvalue weighted by atomic mass is 32.2. The number of hydrogen-bond acceptors (Lipinski definition) is 6. The van der Waals surface area contributed by atoms with Gasteiger partial charge in [-0.15, -0.1) is 0 Å². The number of fused-ring (bicyclic) bond motifs is 2. The molecule has 0 bridgehead atoms. The van der Waals surface area contributed by atoms with Crippen LogP contribution in [0.25, 0.3) is 10.9 Å². The molecule has 35 heavy (non-hydrogen) atoms. The van der Waals surface area contributed by atoms with E-state index in [4.69, 9.17) is 4.74 Å². The van der Waals surface area contributed by atoms with E-state index < -0.39 is 27.6 Å². The van der Waals surface area contributed by atoms with E-state index in [0.717, 1.165) is 6.20 Å². The first-order chi connectivity index (χ1) is 16.3. The molecule has 1 amide bonds. The number of ether oxygens (including phenoxy) is 1. The fourth-order valence-electron chi connectivity index (χ4n) is 4.87. The quantitative estimate of drug-likeness (QED) is 0.451. The van der Waals surface area contributed by atoms with Gasteiger partial charge >= 0.3 is 21.5 Å². The maximum atomic E-state index is 13.2. The van der Waals surface area contributed by atoms with Gasteiger partial charge in [-0.25, -0.2) is 8.77 Å². The van der Waals surface area contributed by atoms with E-state index in [0.29, 0.717) is 23.1 Å². The summed E-state index contributed by atoms with van der Waals surface area (Å²) in [4.78, 5) is 28.7. The highest BCUT2D eigenvalue weighted by molar-refractivity contribution is 7.90. The first kappa shape index (κ1) is 25.1. The molecule has 0 N–H and O–H groups in total. The number of halogens is 3. The van der Waals surface area contributed by atoms with Crippen LogP contribution in [0.5, 0.6) is 0 Å². The van der Waals surface area contributed by atoms with E-state index in [9.17, 15) is 31.2 Å². The van der Waals surface area contributed by atoms with E-state index >= 15 is 0 Å². The Bertz CT molecular complexity index is 1300. The smallest absolute Gasteiger partial charge is 0.459 e. The van der Waals surface area contributed by atoms with E-state index in [1.165, 1.54) is 12.1 Å². The minimum Gasteiger partial charge on any atom is -0.459 e. The van der Waals surface area contributed by atoms with Gasteiger partial charge in [0, 0.05) is 63.2 Å². The highest BCUT2D eigenvalue weighted by Gasteiger charge is 2.48. The summed E-state index contributed by atoms with van der Waals surface area (Å²) in [6.45, 7) is 2.29. The fraction of sp³-hybridized carbons (Fsp3) is 0.478. The summed E-state index contributed by atoms with van der Waals surface area (Å²) >= 11 is 0. The van der Waals surface area contributed by atoms with Gasteiger partial charge in [0.05, 0.1) is 11.1 Å². The van der Waals surface area contributed by atoms with Crippen LogP contribution >= 0.6 is 0 Å². The predicted octanol–water partition coefficient (Wildman–Crippen LogP) is 2.74. The zero-order valence-electron chi connectivity index (χ0n) is 19.4. The predicted molar refractivity (Wildman–Crippen MR) is 122 cm³/mol. The van der Waals surface area contributed by atoms with Crippen LogP contribution in [0.3, 0.4) is 0 Å². The van der Waals surface area contributed by atoms with Gasteiger partial charge in [0.15, 0.2) is 0 Å². The Balaban J connectivity index is 1.58. The molecule has 12 heteroatoms. The van der Waals surface area contributed by atoms with E-state index in [1.54, 1.807) is 49.2 Å². The van der Waals surface area contributed by atoms with Gasteiger partial charge in [-0.3, -0.25) is 4.79 Å². The van der Waals surface area contributed by atoms with Crippen molar-refractivity contribution in [3.63, 3.8) is 0 Å². The van der Waals surface area contributed by atoms with Crippen molar-refractivity contribution in [2.45, 2.75) is 31.4 Å². The molecular weight excluding hydrogens is 487 g/mol. The first-order valence-electron chi connectivity index (χ1n) is 11.1. The Morgan fingerprint density at radius 1 is 1.20 bits per heavy atom. The van der Waals surface area contributed by atoms with Crippen LogP contribution < -0.4 is 0 Å². The zero-order chi connectivity index (χ0) is 25.7. The fourth-order valence-corrected chi connectivity index (χ4v) is 5.78. The number of carbonyl (C=O) groups is 2. The van der Waals surface area contributed by atoms with Crippen molar-refractivity contribution in [3.05, 3.63) is 47.8 Å². The number of likely N-dealkylation sites (tertiary alicyclic amines) is 1. The van der Waals surface area contributed by atoms with E-state index in [1.807, 2.05) is 0 Å². The third-order valence-electron chi connectivity index (χ3n) is 6.59. The Hall–Kier alpha value is -3.02. The van der Waals surface area contributed by atoms with Crippen LogP contribution in [0.15, 0.2) is 42.2 Å². The minimum atomic E-state index is -5.60. The minimum absolute atomic E-state index is 0.0730. The third kappa shape index (κ3) is 4.51.